The number of nitrogens with two attached hydrogens (primary N) is 1. The summed E-state index contributed by atoms with van der Waals surface area (Å²) in [5, 5.41) is 9.75. The van der Waals surface area contributed by atoms with E-state index in [1.165, 1.54) is 0 Å². The minimum absolute atomic E-state index is 0. The number of hydrogen-bond donors (Lipinski definition) is 3. The van der Waals surface area contributed by atoms with Crippen LogP contribution >= 0.6 is 0 Å². The molecule has 1 aromatic heterocycles. The number of carboxylic acids is 1. The summed E-state index contributed by atoms with van der Waals surface area (Å²) in [6.07, 6.45) is 2.16. The van der Waals surface area contributed by atoms with Crippen molar-refractivity contribution < 1.29 is 9.90 Å². The number of aromatic amines is 1. The third-order valence-corrected chi connectivity index (χ3v) is 2.43. The molecule has 0 unspecified atom stereocenters. The van der Waals surface area contributed by atoms with E-state index in [2.05, 4.69) is 4.98 Å². The van der Waals surface area contributed by atoms with Gasteiger partial charge in [-0.1, -0.05) is 18.2 Å². The predicted molar refractivity (Wildman–Crippen MR) is 67.6 cm³/mol. The van der Waals surface area contributed by atoms with Crippen molar-refractivity contribution in [2.24, 2.45) is 5.73 Å². The Morgan fingerprint density at radius 2 is 2.12 bits per heavy atom. The van der Waals surface area contributed by atoms with Gasteiger partial charge in [0.05, 0.1) is 0 Å². The van der Waals surface area contributed by atoms with E-state index in [0.717, 1.165) is 16.5 Å². The van der Waals surface area contributed by atoms with Crippen LogP contribution in [0, 0.1) is 0 Å². The molecular formula is C11H15GaN2O2. The van der Waals surface area contributed by atoms with E-state index in [0.29, 0.717) is 6.42 Å². The molecule has 1 aromatic carbocycles. The maximum absolute atomic E-state index is 10.6. The molecule has 0 fully saturated rings. The number of carbonyl (C=O) groups is 1. The number of carboxylic acid groups (broad SMARTS) is 1. The molecule has 4 N–H and O–H groups in total. The van der Waals surface area contributed by atoms with Crippen LogP contribution < -0.4 is 5.73 Å². The van der Waals surface area contributed by atoms with Crippen molar-refractivity contribution >= 4 is 36.7 Å². The molecule has 0 amide bonds. The van der Waals surface area contributed by atoms with E-state index in [1.807, 2.05) is 30.5 Å². The van der Waals surface area contributed by atoms with Crippen LogP contribution in [0.2, 0.25) is 0 Å². The second-order valence-electron chi connectivity index (χ2n) is 3.51. The summed E-state index contributed by atoms with van der Waals surface area (Å²) < 4.78 is 0. The van der Waals surface area contributed by atoms with Crippen LogP contribution in [0.15, 0.2) is 30.5 Å². The summed E-state index contributed by atoms with van der Waals surface area (Å²) in [6.45, 7) is 0. The van der Waals surface area contributed by atoms with Gasteiger partial charge in [0, 0.05) is 23.5 Å². The van der Waals surface area contributed by atoms with Crippen molar-refractivity contribution in [1.82, 2.24) is 4.98 Å². The number of hydrogen-bond acceptors (Lipinski definition) is 2. The quantitative estimate of drug-likeness (QED) is 0.687. The third kappa shape index (κ3) is 2.49. The van der Waals surface area contributed by atoms with E-state index < -0.39 is 12.0 Å². The standard InChI is InChI=1S/C11H12N2O2.Ga.3H/c12-9(11(14)15)5-7-6-13-10-4-2-1-3-8(7)10;;;;/h1-4,6,9,13H,5,12H2,(H,14,15);;;;/t9-;;;;/m0..../s1. The second kappa shape index (κ2) is 5.24. The molecule has 84 valence electrons. The number of H-pyrrole nitrogens is 1. The summed E-state index contributed by atoms with van der Waals surface area (Å²) in [5.74, 6) is -0.972. The monoisotopic (exact) mass is 276 g/mol. The van der Waals surface area contributed by atoms with Crippen molar-refractivity contribution in [3.8, 4) is 0 Å². The Morgan fingerprint density at radius 1 is 1.44 bits per heavy atom. The van der Waals surface area contributed by atoms with E-state index >= 15 is 0 Å². The van der Waals surface area contributed by atoms with E-state index in [-0.39, 0.29) is 19.8 Å². The fourth-order valence-electron chi connectivity index (χ4n) is 1.62. The number of para-hydroxylation sites is 1. The number of aromatic nitrogens is 1. The number of fused-ring (bicyclic) bond motifs is 1. The van der Waals surface area contributed by atoms with Gasteiger partial charge < -0.3 is 15.8 Å². The average Bonchev–Trinajstić information content (AvgIpc) is 2.62. The Bertz CT molecular complexity index is 495. The first-order valence-corrected chi connectivity index (χ1v) is 4.72. The predicted octanol–water partition coefficient (Wildman–Crippen LogP) is -0.0616. The number of benzene rings is 1. The maximum atomic E-state index is 10.6. The first-order valence-electron chi connectivity index (χ1n) is 4.72. The number of rotatable bonds is 3. The fraction of sp³-hybridized carbons (Fsp3) is 0.182. The van der Waals surface area contributed by atoms with Crippen molar-refractivity contribution in [3.05, 3.63) is 36.0 Å². The average molecular weight is 277 g/mol. The molecule has 0 aliphatic rings. The van der Waals surface area contributed by atoms with Crippen molar-refractivity contribution in [2.45, 2.75) is 12.5 Å². The van der Waals surface area contributed by atoms with Crippen LogP contribution in [0.4, 0.5) is 0 Å². The van der Waals surface area contributed by atoms with Crippen LogP contribution in [0.1, 0.15) is 5.56 Å². The van der Waals surface area contributed by atoms with Gasteiger partial charge in [-0.05, 0) is 11.6 Å². The molecule has 2 aromatic rings. The van der Waals surface area contributed by atoms with E-state index in [4.69, 9.17) is 10.8 Å². The van der Waals surface area contributed by atoms with Crippen LogP contribution in [-0.2, 0) is 11.2 Å². The zero-order chi connectivity index (χ0) is 10.8. The molecule has 1 heterocycles. The number of aliphatic carboxylic acids is 1. The normalized spacial score (nSPS) is 12.1. The molecule has 4 nitrogen and oxygen atoms in total. The summed E-state index contributed by atoms with van der Waals surface area (Å²) in [5.41, 5.74) is 7.43. The third-order valence-electron chi connectivity index (χ3n) is 2.43. The summed E-state index contributed by atoms with van der Waals surface area (Å²) in [4.78, 5) is 13.7. The van der Waals surface area contributed by atoms with Crippen molar-refractivity contribution in [2.75, 3.05) is 0 Å². The zero-order valence-corrected chi connectivity index (χ0v) is 8.10. The van der Waals surface area contributed by atoms with Gasteiger partial charge in [-0.15, -0.1) is 0 Å². The molecular weight excluding hydrogens is 262 g/mol. The fourth-order valence-corrected chi connectivity index (χ4v) is 1.62. The number of nitrogens with one attached hydrogen (secondary N) is 1. The molecule has 0 aliphatic heterocycles. The molecule has 2 rings (SSSR count). The molecule has 0 saturated heterocycles. The first kappa shape index (κ1) is 12.9. The van der Waals surface area contributed by atoms with Crippen LogP contribution in [-0.4, -0.2) is 41.9 Å². The Balaban J connectivity index is 0.00000128. The molecule has 0 radical (unpaired) electrons. The van der Waals surface area contributed by atoms with Gasteiger partial charge in [-0.2, -0.15) is 0 Å². The Kier molecular flexibility index (Phi) is 4.23. The van der Waals surface area contributed by atoms with Gasteiger partial charge in [0.15, 0.2) is 0 Å². The summed E-state index contributed by atoms with van der Waals surface area (Å²) in [6, 6.07) is 6.91. The molecule has 0 bridgehead atoms. The molecule has 16 heavy (non-hydrogen) atoms. The first-order chi connectivity index (χ1) is 7.18. The van der Waals surface area contributed by atoms with Gasteiger partial charge in [0.25, 0.3) is 0 Å². The van der Waals surface area contributed by atoms with Gasteiger partial charge in [0.2, 0.25) is 0 Å². The van der Waals surface area contributed by atoms with Gasteiger partial charge in [0.1, 0.15) is 6.04 Å². The van der Waals surface area contributed by atoms with E-state index in [9.17, 15) is 4.79 Å². The van der Waals surface area contributed by atoms with Crippen molar-refractivity contribution in [1.29, 1.82) is 0 Å². The molecule has 5 heteroatoms. The summed E-state index contributed by atoms with van der Waals surface area (Å²) >= 11 is 0. The second-order valence-corrected chi connectivity index (χ2v) is 3.51. The molecule has 1 atom stereocenters. The van der Waals surface area contributed by atoms with Gasteiger partial charge in [-0.3, -0.25) is 4.79 Å². The van der Waals surface area contributed by atoms with Crippen LogP contribution in [0.3, 0.4) is 0 Å². The Morgan fingerprint density at radius 3 is 2.81 bits per heavy atom. The topological polar surface area (TPSA) is 79.1 Å². The Hall–Kier alpha value is -1.17. The molecule has 0 saturated carbocycles. The van der Waals surface area contributed by atoms with Gasteiger partial charge >= 0.3 is 25.8 Å². The minimum atomic E-state index is -0.972. The summed E-state index contributed by atoms with van der Waals surface area (Å²) in [7, 11) is 0. The molecule has 0 aliphatic carbocycles. The SMILES string of the molecule is N[C@@H](Cc1c[nH]c2ccccc12)C(=O)O.[GaH3]. The van der Waals surface area contributed by atoms with E-state index in [1.54, 1.807) is 0 Å². The Labute approximate surface area is 106 Å². The van der Waals surface area contributed by atoms with Crippen LogP contribution in [0.5, 0.6) is 0 Å². The van der Waals surface area contributed by atoms with Crippen LogP contribution in [0.25, 0.3) is 10.9 Å². The van der Waals surface area contributed by atoms with Gasteiger partial charge in [-0.25, -0.2) is 0 Å². The molecule has 0 spiro atoms. The van der Waals surface area contributed by atoms with Crippen molar-refractivity contribution in [3.63, 3.8) is 0 Å². The zero-order valence-electron chi connectivity index (χ0n) is 8.10.